The summed E-state index contributed by atoms with van der Waals surface area (Å²) in [6.07, 6.45) is 4.70. The maximum atomic E-state index is 14.0. The Morgan fingerprint density at radius 1 is 1.18 bits per heavy atom. The average Bonchev–Trinajstić information content (AvgIpc) is 2.95. The molecule has 204 valence electrons. The van der Waals surface area contributed by atoms with Crippen molar-refractivity contribution in [1.29, 1.82) is 5.26 Å². The van der Waals surface area contributed by atoms with Crippen LogP contribution in [0.4, 0.5) is 4.39 Å². The van der Waals surface area contributed by atoms with E-state index in [4.69, 9.17) is 0 Å². The molecule has 0 aliphatic heterocycles. The molecule has 0 amide bonds. The molecule has 2 aromatic carbocycles. The molecule has 4 aromatic rings. The van der Waals surface area contributed by atoms with E-state index in [9.17, 15) is 28.0 Å². The van der Waals surface area contributed by atoms with Gasteiger partial charge in [-0.1, -0.05) is 43.7 Å². The Balaban J connectivity index is 1.89. The number of aromatic nitrogens is 3. The molecular weight excluding hydrogens is 531 g/mol. The SMILES string of the molecule is C/C=C(/c1cccc(C#N)c1)n1c(CCCC)nc(=O)c(S(=O)(=O)c2ccc(-c3ccnc(F)c3C)cc2)c1O. The number of unbranched alkanes of at least 4 members (excludes halogenated alkanes) is 1. The molecule has 0 saturated heterocycles. The van der Waals surface area contributed by atoms with E-state index >= 15 is 0 Å². The summed E-state index contributed by atoms with van der Waals surface area (Å²) in [5.41, 5.74) is 1.62. The number of rotatable bonds is 8. The molecule has 8 nitrogen and oxygen atoms in total. The number of hydrogen-bond acceptors (Lipinski definition) is 7. The largest absolute Gasteiger partial charge is 0.493 e. The number of sulfone groups is 1. The highest BCUT2D eigenvalue weighted by Gasteiger charge is 2.31. The van der Waals surface area contributed by atoms with E-state index in [2.05, 4.69) is 16.0 Å². The zero-order valence-electron chi connectivity index (χ0n) is 22.2. The summed E-state index contributed by atoms with van der Waals surface area (Å²) in [4.78, 5) is 19.8. The lowest BCUT2D eigenvalue weighted by Crippen LogP contribution is -2.25. The first-order valence-corrected chi connectivity index (χ1v) is 14.1. The maximum absolute atomic E-state index is 14.0. The summed E-state index contributed by atoms with van der Waals surface area (Å²) in [5, 5.41) is 20.8. The fraction of sp³-hybridized carbons (Fsp3) is 0.200. The van der Waals surface area contributed by atoms with E-state index < -0.39 is 32.1 Å². The van der Waals surface area contributed by atoms with Crippen LogP contribution in [-0.4, -0.2) is 28.1 Å². The molecule has 0 spiro atoms. The summed E-state index contributed by atoms with van der Waals surface area (Å²) < 4.78 is 42.7. The predicted molar refractivity (Wildman–Crippen MR) is 149 cm³/mol. The van der Waals surface area contributed by atoms with Crippen molar-refractivity contribution in [1.82, 2.24) is 14.5 Å². The van der Waals surface area contributed by atoms with Crippen LogP contribution in [0.3, 0.4) is 0 Å². The summed E-state index contributed by atoms with van der Waals surface area (Å²) in [5.74, 6) is -1.20. The van der Waals surface area contributed by atoms with E-state index in [1.54, 1.807) is 50.3 Å². The van der Waals surface area contributed by atoms with Crippen LogP contribution in [0.5, 0.6) is 5.88 Å². The number of nitriles is 1. The van der Waals surface area contributed by atoms with Gasteiger partial charge in [-0.25, -0.2) is 13.4 Å². The Bertz CT molecular complexity index is 1820. The lowest BCUT2D eigenvalue weighted by Gasteiger charge is -2.20. The molecular formula is C30H27FN4O4S. The Hall–Kier alpha value is -4.62. The van der Waals surface area contributed by atoms with Gasteiger partial charge in [0.15, 0.2) is 4.90 Å². The van der Waals surface area contributed by atoms with Gasteiger partial charge in [0.1, 0.15) is 5.82 Å². The molecule has 2 heterocycles. The summed E-state index contributed by atoms with van der Waals surface area (Å²) in [7, 11) is -4.53. The van der Waals surface area contributed by atoms with Crippen molar-refractivity contribution >= 4 is 15.5 Å². The van der Waals surface area contributed by atoms with Crippen LogP contribution in [0, 0.1) is 24.2 Å². The second-order valence-electron chi connectivity index (χ2n) is 9.09. The molecule has 0 bridgehead atoms. The summed E-state index contributed by atoms with van der Waals surface area (Å²) in [6, 6.07) is 15.9. The zero-order valence-corrected chi connectivity index (χ0v) is 23.0. The number of nitrogens with zero attached hydrogens (tertiary/aromatic N) is 4. The Morgan fingerprint density at radius 2 is 1.90 bits per heavy atom. The molecule has 4 rings (SSSR count). The van der Waals surface area contributed by atoms with Crippen molar-refractivity contribution in [2.45, 2.75) is 49.8 Å². The van der Waals surface area contributed by atoms with Crippen molar-refractivity contribution in [2.24, 2.45) is 0 Å². The maximum Gasteiger partial charge on any atom is 0.296 e. The van der Waals surface area contributed by atoms with E-state index in [1.165, 1.54) is 35.0 Å². The van der Waals surface area contributed by atoms with Crippen molar-refractivity contribution in [3.8, 4) is 23.1 Å². The standard InChI is InChI=1S/C30H27FN4O4S/c1-4-6-10-26-34-29(36)27(30(37)35(26)25(5-2)22-9-7-8-20(17-22)18-32)40(38,39)23-13-11-21(12-14-23)24-15-16-33-28(31)19(24)3/h5,7-9,11-17,37H,4,6,10H2,1-3H3/b25-5-. The van der Waals surface area contributed by atoms with Crippen molar-refractivity contribution in [3.63, 3.8) is 0 Å². The average molecular weight is 559 g/mol. The molecule has 0 aliphatic carbocycles. The van der Waals surface area contributed by atoms with Gasteiger partial charge in [-0.05, 0) is 67.3 Å². The van der Waals surface area contributed by atoms with Gasteiger partial charge in [0.25, 0.3) is 5.56 Å². The first kappa shape index (κ1) is 28.4. The van der Waals surface area contributed by atoms with Crippen molar-refractivity contribution in [2.75, 3.05) is 0 Å². The minimum absolute atomic E-state index is 0.198. The van der Waals surface area contributed by atoms with Crippen LogP contribution in [0.1, 0.15) is 49.2 Å². The van der Waals surface area contributed by atoms with E-state index in [0.29, 0.717) is 46.4 Å². The molecule has 0 unspecified atom stereocenters. The number of pyridine rings is 1. The second kappa shape index (κ2) is 11.6. The van der Waals surface area contributed by atoms with Crippen LogP contribution >= 0.6 is 0 Å². The number of aryl methyl sites for hydroxylation is 1. The smallest absolute Gasteiger partial charge is 0.296 e. The fourth-order valence-corrected chi connectivity index (χ4v) is 5.79. The number of aromatic hydroxyl groups is 1. The Morgan fingerprint density at radius 3 is 2.55 bits per heavy atom. The minimum Gasteiger partial charge on any atom is -0.493 e. The highest BCUT2D eigenvalue weighted by atomic mass is 32.2. The third-order valence-electron chi connectivity index (χ3n) is 6.54. The third-order valence-corrected chi connectivity index (χ3v) is 8.33. The van der Waals surface area contributed by atoms with Crippen LogP contribution in [0.25, 0.3) is 16.8 Å². The minimum atomic E-state index is -4.53. The van der Waals surface area contributed by atoms with Gasteiger partial charge in [0.2, 0.25) is 21.7 Å². The van der Waals surface area contributed by atoms with E-state index in [0.717, 1.165) is 6.42 Å². The number of benzene rings is 2. The van der Waals surface area contributed by atoms with Gasteiger partial charge in [0.05, 0.1) is 22.2 Å². The van der Waals surface area contributed by atoms with Crippen molar-refractivity contribution < 1.29 is 17.9 Å². The van der Waals surface area contributed by atoms with E-state index in [1.807, 2.05) is 6.92 Å². The molecule has 0 saturated carbocycles. The summed E-state index contributed by atoms with van der Waals surface area (Å²) in [6.45, 7) is 5.23. The monoisotopic (exact) mass is 558 g/mol. The lowest BCUT2D eigenvalue weighted by atomic mass is 10.0. The van der Waals surface area contributed by atoms with Crippen molar-refractivity contribution in [3.05, 3.63) is 106 Å². The number of allylic oxidation sites excluding steroid dienone is 1. The first-order valence-electron chi connectivity index (χ1n) is 12.6. The van der Waals surface area contributed by atoms with Crippen LogP contribution in [-0.2, 0) is 16.3 Å². The Labute approximate surface area is 231 Å². The highest BCUT2D eigenvalue weighted by molar-refractivity contribution is 7.91. The third kappa shape index (κ3) is 5.28. The molecule has 0 atom stereocenters. The molecule has 0 fully saturated rings. The molecule has 40 heavy (non-hydrogen) atoms. The molecule has 10 heteroatoms. The predicted octanol–water partition coefficient (Wildman–Crippen LogP) is 5.41. The topological polar surface area (TPSA) is 126 Å². The van der Waals surface area contributed by atoms with Gasteiger partial charge in [-0.15, -0.1) is 0 Å². The molecule has 2 aromatic heterocycles. The normalized spacial score (nSPS) is 11.8. The zero-order chi connectivity index (χ0) is 29.0. The van der Waals surface area contributed by atoms with E-state index in [-0.39, 0.29) is 10.7 Å². The molecule has 0 aliphatic rings. The lowest BCUT2D eigenvalue weighted by molar-refractivity contribution is 0.412. The van der Waals surface area contributed by atoms with Gasteiger partial charge < -0.3 is 5.11 Å². The first-order chi connectivity index (χ1) is 19.1. The van der Waals surface area contributed by atoms with Crippen LogP contribution in [0.2, 0.25) is 0 Å². The van der Waals surface area contributed by atoms with Crippen LogP contribution < -0.4 is 5.56 Å². The highest BCUT2D eigenvalue weighted by Crippen LogP contribution is 2.33. The molecule has 1 N–H and O–H groups in total. The molecule has 0 radical (unpaired) electrons. The quantitative estimate of drug-likeness (QED) is 0.286. The second-order valence-corrected chi connectivity index (χ2v) is 11.0. The van der Waals surface area contributed by atoms with Crippen LogP contribution in [0.15, 0.2) is 81.5 Å². The fourth-order valence-electron chi connectivity index (χ4n) is 4.46. The van der Waals surface area contributed by atoms with Gasteiger partial charge in [0, 0.05) is 18.2 Å². The Kier molecular flexibility index (Phi) is 8.26. The van der Waals surface area contributed by atoms with Gasteiger partial charge in [-0.2, -0.15) is 14.6 Å². The van der Waals surface area contributed by atoms with Gasteiger partial charge in [-0.3, -0.25) is 9.36 Å². The number of hydrogen-bond donors (Lipinski definition) is 1. The number of halogens is 1. The van der Waals surface area contributed by atoms with Gasteiger partial charge >= 0.3 is 0 Å². The summed E-state index contributed by atoms with van der Waals surface area (Å²) >= 11 is 0.